The first-order chi connectivity index (χ1) is 9.13. The summed E-state index contributed by atoms with van der Waals surface area (Å²) in [6.07, 6.45) is 2.68. The van der Waals surface area contributed by atoms with Gasteiger partial charge < -0.3 is 10.2 Å². The van der Waals surface area contributed by atoms with Gasteiger partial charge in [0.05, 0.1) is 10.0 Å². The number of benzene rings is 1. The zero-order valence-electron chi connectivity index (χ0n) is 11.2. The van der Waals surface area contributed by atoms with Gasteiger partial charge in [-0.3, -0.25) is 0 Å². The molecule has 1 aromatic carbocycles. The fourth-order valence-electron chi connectivity index (χ4n) is 3.35. The van der Waals surface area contributed by atoms with Crippen molar-refractivity contribution in [3.8, 4) is 0 Å². The molecule has 3 saturated heterocycles. The van der Waals surface area contributed by atoms with E-state index in [1.54, 1.807) is 0 Å². The van der Waals surface area contributed by atoms with Gasteiger partial charge >= 0.3 is 0 Å². The summed E-state index contributed by atoms with van der Waals surface area (Å²) < 4.78 is 0. The second-order valence-corrected chi connectivity index (χ2v) is 6.62. The lowest BCUT2D eigenvalue weighted by molar-refractivity contribution is 0.0680. The average Bonchev–Trinajstić information content (AvgIpc) is 2.43. The van der Waals surface area contributed by atoms with Crippen molar-refractivity contribution < 1.29 is 0 Å². The van der Waals surface area contributed by atoms with Crippen molar-refractivity contribution >= 4 is 23.2 Å². The predicted molar refractivity (Wildman–Crippen MR) is 81.0 cm³/mol. The van der Waals surface area contributed by atoms with Crippen molar-refractivity contribution in [1.82, 2.24) is 10.2 Å². The molecular weight excluding hydrogens is 279 g/mol. The zero-order valence-corrected chi connectivity index (χ0v) is 12.7. The largest absolute Gasteiger partial charge is 0.306 e. The van der Waals surface area contributed by atoms with E-state index >= 15 is 0 Å². The van der Waals surface area contributed by atoms with Crippen LogP contribution in [-0.4, -0.2) is 30.6 Å². The number of fused-ring (bicyclic) bond motifs is 3. The average molecular weight is 299 g/mol. The molecule has 104 valence electrons. The summed E-state index contributed by atoms with van der Waals surface area (Å²) in [4.78, 5) is 2.57. The molecule has 3 aliphatic rings. The Kier molecular flexibility index (Phi) is 4.04. The van der Waals surface area contributed by atoms with Crippen molar-refractivity contribution in [1.29, 1.82) is 0 Å². The van der Waals surface area contributed by atoms with Gasteiger partial charge in [0, 0.05) is 18.6 Å². The Morgan fingerprint density at radius 2 is 1.95 bits per heavy atom. The van der Waals surface area contributed by atoms with E-state index in [0.29, 0.717) is 22.1 Å². The minimum Gasteiger partial charge on any atom is -0.306 e. The zero-order chi connectivity index (χ0) is 13.4. The summed E-state index contributed by atoms with van der Waals surface area (Å²) in [5.41, 5.74) is 1.21. The minimum absolute atomic E-state index is 0.320. The van der Waals surface area contributed by atoms with Crippen LogP contribution in [-0.2, 0) is 0 Å². The molecule has 0 saturated carbocycles. The van der Waals surface area contributed by atoms with Crippen molar-refractivity contribution in [2.24, 2.45) is 5.92 Å². The van der Waals surface area contributed by atoms with Crippen LogP contribution < -0.4 is 5.32 Å². The predicted octanol–water partition coefficient (Wildman–Crippen LogP) is 3.74. The van der Waals surface area contributed by atoms with E-state index in [9.17, 15) is 0 Å². The Labute approximate surface area is 125 Å². The second kappa shape index (κ2) is 5.61. The number of hydrogen-bond acceptors (Lipinski definition) is 2. The Morgan fingerprint density at radius 1 is 1.21 bits per heavy atom. The van der Waals surface area contributed by atoms with Crippen LogP contribution in [0.3, 0.4) is 0 Å². The number of nitrogens with zero attached hydrogens (tertiary/aromatic N) is 1. The molecule has 4 heteroatoms. The number of hydrogen-bond donors (Lipinski definition) is 1. The SMILES string of the molecule is CC(NC1CN2CCC1CC2)c1ccc(Cl)c(Cl)c1. The summed E-state index contributed by atoms with van der Waals surface area (Å²) in [6.45, 7) is 5.96. The van der Waals surface area contributed by atoms with Crippen molar-refractivity contribution in [2.45, 2.75) is 31.8 Å². The Hall–Kier alpha value is -0.280. The smallest absolute Gasteiger partial charge is 0.0595 e. The van der Waals surface area contributed by atoms with Crippen LogP contribution in [0.15, 0.2) is 18.2 Å². The summed E-state index contributed by atoms with van der Waals surface area (Å²) in [5, 5.41) is 5.04. The number of piperidine rings is 3. The van der Waals surface area contributed by atoms with Crippen LogP contribution in [0.5, 0.6) is 0 Å². The summed E-state index contributed by atoms with van der Waals surface area (Å²) in [7, 11) is 0. The normalized spacial score (nSPS) is 31.4. The van der Waals surface area contributed by atoms with Crippen LogP contribution >= 0.6 is 23.2 Å². The van der Waals surface area contributed by atoms with Gasteiger partial charge in [0.1, 0.15) is 0 Å². The molecule has 2 nitrogen and oxygen atoms in total. The Bertz CT molecular complexity index is 455. The molecule has 0 spiro atoms. The van der Waals surface area contributed by atoms with Crippen molar-refractivity contribution in [3.05, 3.63) is 33.8 Å². The van der Waals surface area contributed by atoms with Gasteiger partial charge in [0.25, 0.3) is 0 Å². The molecule has 4 rings (SSSR count). The highest BCUT2D eigenvalue weighted by Gasteiger charge is 2.34. The molecule has 19 heavy (non-hydrogen) atoms. The van der Waals surface area contributed by atoms with E-state index in [2.05, 4.69) is 23.2 Å². The molecule has 1 aromatic rings. The fourth-order valence-corrected chi connectivity index (χ4v) is 3.66. The molecule has 2 unspecified atom stereocenters. The lowest BCUT2D eigenvalue weighted by Gasteiger charge is -2.46. The molecule has 0 aromatic heterocycles. The van der Waals surface area contributed by atoms with Crippen LogP contribution in [0.2, 0.25) is 10.0 Å². The number of nitrogens with one attached hydrogen (secondary N) is 1. The summed E-state index contributed by atoms with van der Waals surface area (Å²) >= 11 is 12.1. The highest BCUT2D eigenvalue weighted by atomic mass is 35.5. The first kappa shape index (κ1) is 13.7. The van der Waals surface area contributed by atoms with E-state index in [4.69, 9.17) is 23.2 Å². The number of rotatable bonds is 3. The van der Waals surface area contributed by atoms with E-state index in [1.807, 2.05) is 12.1 Å². The van der Waals surface area contributed by atoms with Gasteiger partial charge in [-0.1, -0.05) is 29.3 Å². The Balaban J connectivity index is 1.67. The molecule has 3 fully saturated rings. The molecule has 0 radical (unpaired) electrons. The molecule has 1 N–H and O–H groups in total. The molecule has 0 amide bonds. The Morgan fingerprint density at radius 3 is 2.53 bits per heavy atom. The monoisotopic (exact) mass is 298 g/mol. The molecule has 2 bridgehead atoms. The van der Waals surface area contributed by atoms with Crippen LogP contribution in [0.1, 0.15) is 31.4 Å². The van der Waals surface area contributed by atoms with E-state index in [-0.39, 0.29) is 0 Å². The standard InChI is InChI=1S/C15H20Cl2N2/c1-10(12-2-3-13(16)14(17)8-12)18-15-9-19-6-4-11(15)5-7-19/h2-3,8,10-11,15,18H,4-7,9H2,1H3. The summed E-state index contributed by atoms with van der Waals surface area (Å²) in [5.74, 6) is 0.843. The maximum Gasteiger partial charge on any atom is 0.0595 e. The topological polar surface area (TPSA) is 15.3 Å². The number of halogens is 2. The third kappa shape index (κ3) is 2.92. The highest BCUT2D eigenvalue weighted by molar-refractivity contribution is 6.42. The third-order valence-corrected chi connectivity index (χ3v) is 5.30. The minimum atomic E-state index is 0.320. The second-order valence-electron chi connectivity index (χ2n) is 5.81. The van der Waals surface area contributed by atoms with E-state index in [0.717, 1.165) is 5.92 Å². The maximum atomic E-state index is 6.10. The third-order valence-electron chi connectivity index (χ3n) is 4.56. The molecule has 2 atom stereocenters. The van der Waals surface area contributed by atoms with Crippen LogP contribution in [0, 0.1) is 5.92 Å². The van der Waals surface area contributed by atoms with E-state index in [1.165, 1.54) is 38.0 Å². The highest BCUT2D eigenvalue weighted by Crippen LogP contribution is 2.30. The van der Waals surface area contributed by atoms with Gasteiger partial charge in [-0.25, -0.2) is 0 Å². The lowest BCUT2D eigenvalue weighted by Crippen LogP contribution is -2.56. The van der Waals surface area contributed by atoms with Gasteiger partial charge in [-0.05, 0) is 56.5 Å². The summed E-state index contributed by atoms with van der Waals surface area (Å²) in [6, 6.07) is 6.86. The van der Waals surface area contributed by atoms with Crippen LogP contribution in [0.25, 0.3) is 0 Å². The quantitative estimate of drug-likeness (QED) is 0.914. The maximum absolute atomic E-state index is 6.10. The van der Waals surface area contributed by atoms with Crippen LogP contribution in [0.4, 0.5) is 0 Å². The first-order valence-corrected chi connectivity index (χ1v) is 7.82. The molecular formula is C15H20Cl2N2. The van der Waals surface area contributed by atoms with Gasteiger partial charge in [-0.2, -0.15) is 0 Å². The van der Waals surface area contributed by atoms with E-state index < -0.39 is 0 Å². The molecule has 0 aliphatic carbocycles. The molecule has 3 aliphatic heterocycles. The van der Waals surface area contributed by atoms with Gasteiger partial charge in [0.2, 0.25) is 0 Å². The fraction of sp³-hybridized carbons (Fsp3) is 0.600. The molecule has 3 heterocycles. The first-order valence-electron chi connectivity index (χ1n) is 7.07. The van der Waals surface area contributed by atoms with Gasteiger partial charge in [-0.15, -0.1) is 0 Å². The lowest BCUT2D eigenvalue weighted by atomic mass is 9.83. The van der Waals surface area contributed by atoms with Gasteiger partial charge in [0.15, 0.2) is 0 Å². The van der Waals surface area contributed by atoms with Crippen molar-refractivity contribution in [3.63, 3.8) is 0 Å². The van der Waals surface area contributed by atoms with Crippen molar-refractivity contribution in [2.75, 3.05) is 19.6 Å².